The molecule has 4 nitrogen and oxygen atoms in total. The van der Waals surface area contributed by atoms with E-state index in [-0.39, 0.29) is 18.4 Å². The molecule has 18 heavy (non-hydrogen) atoms. The van der Waals surface area contributed by atoms with Crippen LogP contribution in [0, 0.1) is 13.8 Å². The molecule has 1 aromatic carbocycles. The Balaban J connectivity index is 2.08. The van der Waals surface area contributed by atoms with Crippen LogP contribution in [-0.4, -0.2) is 48.3 Å². The first-order chi connectivity index (χ1) is 8.49. The Morgan fingerprint density at radius 1 is 1.22 bits per heavy atom. The summed E-state index contributed by atoms with van der Waals surface area (Å²) in [7, 11) is 1.75. The molecule has 1 aromatic rings. The lowest BCUT2D eigenvalue weighted by Gasteiger charge is -2.15. The maximum absolute atomic E-state index is 12.1. The number of carbonyl (C=O) groups is 2. The second-order valence-electron chi connectivity index (χ2n) is 4.85. The van der Waals surface area contributed by atoms with Gasteiger partial charge in [-0.3, -0.25) is 4.79 Å². The third kappa shape index (κ3) is 2.37. The van der Waals surface area contributed by atoms with Crippen molar-refractivity contribution in [3.8, 4) is 0 Å². The van der Waals surface area contributed by atoms with Crippen molar-refractivity contribution in [1.29, 1.82) is 0 Å². The van der Waals surface area contributed by atoms with Crippen molar-refractivity contribution >= 4 is 11.8 Å². The number of amides is 2. The highest BCUT2D eigenvalue weighted by Crippen LogP contribution is 2.12. The number of rotatable bonds is 3. The average molecular weight is 246 g/mol. The molecule has 96 valence electrons. The minimum Gasteiger partial charge on any atom is -0.326 e. The Morgan fingerprint density at radius 3 is 2.50 bits per heavy atom. The van der Waals surface area contributed by atoms with Crippen LogP contribution in [0.25, 0.3) is 0 Å². The molecule has 0 aromatic heterocycles. The van der Waals surface area contributed by atoms with Crippen molar-refractivity contribution in [3.63, 3.8) is 0 Å². The summed E-state index contributed by atoms with van der Waals surface area (Å²) >= 11 is 0. The fourth-order valence-electron chi connectivity index (χ4n) is 2.03. The summed E-state index contributed by atoms with van der Waals surface area (Å²) in [5, 5.41) is 0. The molecule has 1 aliphatic rings. The van der Waals surface area contributed by atoms with Gasteiger partial charge in [-0.2, -0.15) is 0 Å². The SMILES string of the molecule is Cc1ccc(C(=O)CN2CCN(C)C2=O)cc1C. The first-order valence-corrected chi connectivity index (χ1v) is 6.09. The Bertz CT molecular complexity index is 497. The van der Waals surface area contributed by atoms with Crippen LogP contribution in [-0.2, 0) is 0 Å². The van der Waals surface area contributed by atoms with E-state index in [0.717, 1.165) is 5.56 Å². The fraction of sp³-hybridized carbons (Fsp3) is 0.429. The van der Waals surface area contributed by atoms with E-state index in [1.54, 1.807) is 16.8 Å². The van der Waals surface area contributed by atoms with Gasteiger partial charge in [-0.1, -0.05) is 12.1 Å². The molecule has 0 atom stereocenters. The molecule has 1 aliphatic heterocycles. The van der Waals surface area contributed by atoms with Gasteiger partial charge in [0.25, 0.3) is 0 Å². The van der Waals surface area contributed by atoms with Crippen molar-refractivity contribution < 1.29 is 9.59 Å². The number of hydrogen-bond acceptors (Lipinski definition) is 2. The van der Waals surface area contributed by atoms with Crippen molar-refractivity contribution in [2.75, 3.05) is 26.7 Å². The minimum atomic E-state index is -0.0628. The quantitative estimate of drug-likeness (QED) is 0.764. The molecule has 0 saturated carbocycles. The standard InChI is InChI=1S/C14H18N2O2/c1-10-4-5-12(8-11(10)2)13(17)9-16-7-6-15(3)14(16)18/h4-5,8H,6-7,9H2,1-3H3. The third-order valence-corrected chi connectivity index (χ3v) is 3.47. The Labute approximate surface area is 107 Å². The molecule has 0 N–H and O–H groups in total. The van der Waals surface area contributed by atoms with Crippen molar-refractivity contribution in [3.05, 3.63) is 34.9 Å². The van der Waals surface area contributed by atoms with Crippen LogP contribution >= 0.6 is 0 Å². The van der Waals surface area contributed by atoms with Crippen LogP contribution in [0.3, 0.4) is 0 Å². The first kappa shape index (κ1) is 12.6. The smallest absolute Gasteiger partial charge is 0.320 e. The highest BCUT2D eigenvalue weighted by molar-refractivity contribution is 5.99. The lowest BCUT2D eigenvalue weighted by Crippen LogP contribution is -2.33. The number of benzene rings is 1. The number of ketones is 1. The molecular formula is C14H18N2O2. The highest BCUT2D eigenvalue weighted by Gasteiger charge is 2.27. The van der Waals surface area contributed by atoms with Gasteiger partial charge < -0.3 is 9.80 Å². The van der Waals surface area contributed by atoms with Crippen LogP contribution < -0.4 is 0 Å². The number of Topliss-reactive ketones (excluding diaryl/α,β-unsaturated/α-hetero) is 1. The highest BCUT2D eigenvalue weighted by atomic mass is 16.2. The molecular weight excluding hydrogens is 228 g/mol. The molecule has 0 bridgehead atoms. The number of urea groups is 1. The van der Waals surface area contributed by atoms with Gasteiger partial charge in [0.1, 0.15) is 0 Å². The van der Waals surface area contributed by atoms with Crippen LogP contribution in [0.1, 0.15) is 21.5 Å². The molecule has 1 heterocycles. The van der Waals surface area contributed by atoms with Crippen LogP contribution in [0.2, 0.25) is 0 Å². The molecule has 1 fully saturated rings. The summed E-state index contributed by atoms with van der Waals surface area (Å²) in [6.07, 6.45) is 0. The first-order valence-electron chi connectivity index (χ1n) is 6.09. The van der Waals surface area contributed by atoms with E-state index in [1.807, 2.05) is 32.0 Å². The lowest BCUT2D eigenvalue weighted by atomic mass is 10.0. The predicted molar refractivity (Wildman–Crippen MR) is 69.8 cm³/mol. The summed E-state index contributed by atoms with van der Waals surface area (Å²) in [4.78, 5) is 27.0. The monoisotopic (exact) mass is 246 g/mol. The number of nitrogens with zero attached hydrogens (tertiary/aromatic N) is 2. The largest absolute Gasteiger partial charge is 0.326 e. The van der Waals surface area contributed by atoms with E-state index in [1.165, 1.54) is 5.56 Å². The van der Waals surface area contributed by atoms with E-state index in [2.05, 4.69) is 0 Å². The molecule has 0 spiro atoms. The Kier molecular flexibility index (Phi) is 3.36. The molecule has 4 heteroatoms. The average Bonchev–Trinajstić information content (AvgIpc) is 2.64. The fourth-order valence-corrected chi connectivity index (χ4v) is 2.03. The zero-order valence-corrected chi connectivity index (χ0v) is 11.1. The lowest BCUT2D eigenvalue weighted by molar-refractivity contribution is 0.0952. The second-order valence-corrected chi connectivity index (χ2v) is 4.85. The molecule has 1 saturated heterocycles. The minimum absolute atomic E-state index is 0.00162. The normalized spacial score (nSPS) is 15.4. The number of aryl methyl sites for hydroxylation is 2. The summed E-state index contributed by atoms with van der Waals surface area (Å²) in [5.41, 5.74) is 2.95. The predicted octanol–water partition coefficient (Wildman–Crippen LogP) is 1.85. The summed E-state index contributed by atoms with van der Waals surface area (Å²) < 4.78 is 0. The second kappa shape index (κ2) is 4.80. The van der Waals surface area contributed by atoms with Gasteiger partial charge in [0, 0.05) is 25.7 Å². The zero-order chi connectivity index (χ0) is 13.3. The van der Waals surface area contributed by atoms with Crippen molar-refractivity contribution in [1.82, 2.24) is 9.80 Å². The summed E-state index contributed by atoms with van der Waals surface area (Å²) in [5.74, 6) is 0.00162. The van der Waals surface area contributed by atoms with Crippen LogP contribution in [0.4, 0.5) is 4.79 Å². The summed E-state index contributed by atoms with van der Waals surface area (Å²) in [6, 6.07) is 5.60. The van der Waals surface area contributed by atoms with Crippen LogP contribution in [0.15, 0.2) is 18.2 Å². The zero-order valence-electron chi connectivity index (χ0n) is 11.1. The number of carbonyl (C=O) groups excluding carboxylic acids is 2. The van der Waals surface area contributed by atoms with E-state index < -0.39 is 0 Å². The maximum atomic E-state index is 12.1. The Morgan fingerprint density at radius 2 is 1.94 bits per heavy atom. The molecule has 0 aliphatic carbocycles. The van der Waals surface area contributed by atoms with E-state index in [4.69, 9.17) is 0 Å². The van der Waals surface area contributed by atoms with Gasteiger partial charge in [-0.05, 0) is 31.0 Å². The Hall–Kier alpha value is -1.84. The van der Waals surface area contributed by atoms with E-state index in [9.17, 15) is 9.59 Å². The van der Waals surface area contributed by atoms with Gasteiger partial charge in [-0.15, -0.1) is 0 Å². The maximum Gasteiger partial charge on any atom is 0.320 e. The number of hydrogen-bond donors (Lipinski definition) is 0. The third-order valence-electron chi connectivity index (χ3n) is 3.47. The van der Waals surface area contributed by atoms with E-state index in [0.29, 0.717) is 18.7 Å². The molecule has 2 amide bonds. The summed E-state index contributed by atoms with van der Waals surface area (Å²) in [6.45, 7) is 5.50. The molecule has 0 unspecified atom stereocenters. The molecule has 2 rings (SSSR count). The topological polar surface area (TPSA) is 40.6 Å². The van der Waals surface area contributed by atoms with Gasteiger partial charge >= 0.3 is 6.03 Å². The van der Waals surface area contributed by atoms with Gasteiger partial charge in [0.15, 0.2) is 5.78 Å². The van der Waals surface area contributed by atoms with Gasteiger partial charge in [-0.25, -0.2) is 4.79 Å². The van der Waals surface area contributed by atoms with E-state index >= 15 is 0 Å². The van der Waals surface area contributed by atoms with Crippen molar-refractivity contribution in [2.24, 2.45) is 0 Å². The number of likely N-dealkylation sites (N-methyl/N-ethyl adjacent to an activating group) is 1. The molecule has 0 radical (unpaired) electrons. The van der Waals surface area contributed by atoms with Gasteiger partial charge in [0.2, 0.25) is 0 Å². The van der Waals surface area contributed by atoms with Crippen molar-refractivity contribution in [2.45, 2.75) is 13.8 Å². The van der Waals surface area contributed by atoms with Gasteiger partial charge in [0.05, 0.1) is 6.54 Å². The van der Waals surface area contributed by atoms with Crippen LogP contribution in [0.5, 0.6) is 0 Å².